The zero-order chi connectivity index (χ0) is 12.7. The Morgan fingerprint density at radius 3 is 2.76 bits per heavy atom. The summed E-state index contributed by atoms with van der Waals surface area (Å²) < 4.78 is 0. The summed E-state index contributed by atoms with van der Waals surface area (Å²) in [5, 5.41) is 3.18. The van der Waals surface area contributed by atoms with E-state index in [-0.39, 0.29) is 5.91 Å². The van der Waals surface area contributed by atoms with Gasteiger partial charge >= 0.3 is 0 Å². The van der Waals surface area contributed by atoms with Crippen LogP contribution in [-0.4, -0.2) is 18.5 Å². The van der Waals surface area contributed by atoms with Crippen LogP contribution in [0.3, 0.4) is 0 Å². The zero-order valence-corrected chi connectivity index (χ0v) is 11.4. The van der Waals surface area contributed by atoms with Gasteiger partial charge in [-0.25, -0.2) is 0 Å². The van der Waals surface area contributed by atoms with E-state index in [9.17, 15) is 4.79 Å². The fourth-order valence-electron chi connectivity index (χ4n) is 2.73. The van der Waals surface area contributed by atoms with Crippen LogP contribution in [0.2, 0.25) is 0 Å². The van der Waals surface area contributed by atoms with E-state index >= 15 is 0 Å². The van der Waals surface area contributed by atoms with E-state index in [2.05, 4.69) is 19.2 Å². The monoisotopic (exact) mass is 240 g/mol. The molecule has 100 valence electrons. The third-order valence-corrected chi connectivity index (χ3v) is 3.68. The lowest BCUT2D eigenvalue weighted by molar-refractivity contribution is -0.122. The van der Waals surface area contributed by atoms with E-state index in [4.69, 9.17) is 5.73 Å². The number of carbonyl (C=O) groups is 1. The summed E-state index contributed by atoms with van der Waals surface area (Å²) in [6.07, 6.45) is 8.54. The Bertz CT molecular complexity index is 238. The Morgan fingerprint density at radius 1 is 1.35 bits per heavy atom. The highest BCUT2D eigenvalue weighted by Gasteiger charge is 2.28. The fourth-order valence-corrected chi connectivity index (χ4v) is 2.73. The molecular formula is C14H28N2O. The average molecular weight is 240 g/mol. The molecule has 1 amide bonds. The highest BCUT2D eigenvalue weighted by atomic mass is 16.1. The summed E-state index contributed by atoms with van der Waals surface area (Å²) in [6.45, 7) is 5.33. The van der Waals surface area contributed by atoms with Gasteiger partial charge in [-0.05, 0) is 44.1 Å². The molecule has 1 atom stereocenters. The summed E-state index contributed by atoms with van der Waals surface area (Å²) in [5.41, 5.74) is 5.82. The lowest BCUT2D eigenvalue weighted by Gasteiger charge is -2.35. The van der Waals surface area contributed by atoms with E-state index in [0.717, 1.165) is 38.6 Å². The first-order valence-electron chi connectivity index (χ1n) is 7.03. The van der Waals surface area contributed by atoms with Crippen molar-refractivity contribution in [1.82, 2.24) is 5.32 Å². The normalized spacial score (nSPS) is 23.4. The molecule has 3 nitrogen and oxygen atoms in total. The van der Waals surface area contributed by atoms with Crippen molar-refractivity contribution < 1.29 is 4.79 Å². The molecule has 0 radical (unpaired) electrons. The quantitative estimate of drug-likeness (QED) is 0.701. The topological polar surface area (TPSA) is 55.1 Å². The molecule has 1 aliphatic rings. The van der Waals surface area contributed by atoms with E-state index in [0.29, 0.717) is 17.9 Å². The number of unbranched alkanes of at least 4 members (excludes halogenated alkanes) is 2. The maximum atomic E-state index is 11.7. The number of hydrogen-bond donors (Lipinski definition) is 2. The molecular weight excluding hydrogens is 212 g/mol. The zero-order valence-electron chi connectivity index (χ0n) is 11.4. The molecule has 3 heteroatoms. The Balaban J connectivity index is 2.17. The summed E-state index contributed by atoms with van der Waals surface area (Å²) in [4.78, 5) is 11.7. The second kappa shape index (κ2) is 7.00. The van der Waals surface area contributed by atoms with Gasteiger partial charge in [-0.3, -0.25) is 4.79 Å². The summed E-state index contributed by atoms with van der Waals surface area (Å²) in [7, 11) is 0. The fraction of sp³-hybridized carbons (Fsp3) is 0.929. The van der Waals surface area contributed by atoms with Crippen molar-refractivity contribution in [2.45, 2.75) is 71.3 Å². The summed E-state index contributed by atoms with van der Waals surface area (Å²) in [5.74, 6) is 0.227. The number of rotatable bonds is 6. The minimum atomic E-state index is 0.227. The van der Waals surface area contributed by atoms with Crippen molar-refractivity contribution in [1.29, 1.82) is 0 Å². The molecule has 0 aromatic heterocycles. The molecule has 0 aromatic carbocycles. The van der Waals surface area contributed by atoms with Gasteiger partial charge in [0, 0.05) is 12.5 Å². The summed E-state index contributed by atoms with van der Waals surface area (Å²) in [6, 6.07) is 0.403. The largest absolute Gasteiger partial charge is 0.353 e. The molecule has 0 aliphatic heterocycles. The Morgan fingerprint density at radius 2 is 2.12 bits per heavy atom. The van der Waals surface area contributed by atoms with E-state index in [1.54, 1.807) is 0 Å². The highest BCUT2D eigenvalue weighted by Crippen LogP contribution is 2.35. The number of carbonyl (C=O) groups excluding carboxylic acids is 1. The van der Waals surface area contributed by atoms with Gasteiger partial charge in [-0.2, -0.15) is 0 Å². The molecule has 17 heavy (non-hydrogen) atoms. The molecule has 3 N–H and O–H groups in total. The first-order valence-corrected chi connectivity index (χ1v) is 7.03. The van der Waals surface area contributed by atoms with Crippen LogP contribution in [-0.2, 0) is 4.79 Å². The maximum absolute atomic E-state index is 11.7. The third-order valence-electron chi connectivity index (χ3n) is 3.68. The first kappa shape index (κ1) is 14.5. The maximum Gasteiger partial charge on any atom is 0.220 e. The molecule has 0 heterocycles. The molecule has 1 fully saturated rings. The van der Waals surface area contributed by atoms with Crippen molar-refractivity contribution in [3.05, 3.63) is 0 Å². The molecule has 1 rings (SSSR count). The SMILES string of the molecule is CC1(C)CCCC(NC(=O)CCCCCN)C1. The van der Waals surface area contributed by atoms with Crippen LogP contribution in [0.25, 0.3) is 0 Å². The molecule has 1 unspecified atom stereocenters. The molecule has 0 bridgehead atoms. The van der Waals surface area contributed by atoms with Crippen molar-refractivity contribution in [3.8, 4) is 0 Å². The molecule has 1 aliphatic carbocycles. The van der Waals surface area contributed by atoms with Gasteiger partial charge in [0.25, 0.3) is 0 Å². The van der Waals surface area contributed by atoms with Crippen LogP contribution in [0.15, 0.2) is 0 Å². The number of amides is 1. The highest BCUT2D eigenvalue weighted by molar-refractivity contribution is 5.76. The van der Waals surface area contributed by atoms with E-state index < -0.39 is 0 Å². The summed E-state index contributed by atoms with van der Waals surface area (Å²) >= 11 is 0. The minimum Gasteiger partial charge on any atom is -0.353 e. The van der Waals surface area contributed by atoms with Gasteiger partial charge in [0.05, 0.1) is 0 Å². The van der Waals surface area contributed by atoms with Crippen LogP contribution in [0.4, 0.5) is 0 Å². The van der Waals surface area contributed by atoms with Gasteiger partial charge < -0.3 is 11.1 Å². The van der Waals surface area contributed by atoms with Crippen molar-refractivity contribution >= 4 is 5.91 Å². The van der Waals surface area contributed by atoms with Gasteiger partial charge in [0.15, 0.2) is 0 Å². The minimum absolute atomic E-state index is 0.227. The number of nitrogens with one attached hydrogen (secondary N) is 1. The van der Waals surface area contributed by atoms with Crippen molar-refractivity contribution in [3.63, 3.8) is 0 Å². The van der Waals surface area contributed by atoms with Crippen molar-refractivity contribution in [2.24, 2.45) is 11.1 Å². The molecule has 0 saturated heterocycles. The standard InChI is InChI=1S/C14H28N2O/c1-14(2)9-6-7-12(11-14)16-13(17)8-4-3-5-10-15/h12H,3-11,15H2,1-2H3,(H,16,17). The van der Waals surface area contributed by atoms with Gasteiger partial charge in [0.1, 0.15) is 0 Å². The Labute approximate surface area is 106 Å². The van der Waals surface area contributed by atoms with Gasteiger partial charge in [-0.15, -0.1) is 0 Å². The van der Waals surface area contributed by atoms with Crippen molar-refractivity contribution in [2.75, 3.05) is 6.54 Å². The van der Waals surface area contributed by atoms with Crippen LogP contribution >= 0.6 is 0 Å². The lowest BCUT2D eigenvalue weighted by atomic mass is 9.75. The van der Waals surface area contributed by atoms with Crippen LogP contribution in [0.5, 0.6) is 0 Å². The van der Waals surface area contributed by atoms with E-state index in [1.165, 1.54) is 12.8 Å². The Kier molecular flexibility index (Phi) is 5.96. The number of hydrogen-bond acceptors (Lipinski definition) is 2. The smallest absolute Gasteiger partial charge is 0.220 e. The van der Waals surface area contributed by atoms with E-state index in [1.807, 2.05) is 0 Å². The van der Waals surface area contributed by atoms with Gasteiger partial charge in [0.2, 0.25) is 5.91 Å². The predicted molar refractivity (Wildman–Crippen MR) is 71.7 cm³/mol. The first-order chi connectivity index (χ1) is 8.03. The van der Waals surface area contributed by atoms with Crippen LogP contribution < -0.4 is 11.1 Å². The second-order valence-corrected chi connectivity index (χ2v) is 6.12. The van der Waals surface area contributed by atoms with Crippen LogP contribution in [0.1, 0.15) is 65.2 Å². The van der Waals surface area contributed by atoms with Gasteiger partial charge in [-0.1, -0.05) is 26.7 Å². The predicted octanol–water partition coefficient (Wildman–Crippen LogP) is 2.59. The third kappa shape index (κ3) is 6.06. The lowest BCUT2D eigenvalue weighted by Crippen LogP contribution is -2.40. The molecule has 0 aromatic rings. The molecule has 1 saturated carbocycles. The number of nitrogens with two attached hydrogens (primary N) is 1. The molecule has 0 spiro atoms. The second-order valence-electron chi connectivity index (χ2n) is 6.12. The van der Waals surface area contributed by atoms with Crippen LogP contribution in [0, 0.1) is 5.41 Å². The average Bonchev–Trinajstić information content (AvgIpc) is 2.23. The Hall–Kier alpha value is -0.570.